The molecule has 1 spiro atoms. The van der Waals surface area contributed by atoms with Gasteiger partial charge in [0.1, 0.15) is 23.5 Å². The summed E-state index contributed by atoms with van der Waals surface area (Å²) in [6, 6.07) is 5.89. The van der Waals surface area contributed by atoms with E-state index in [1.807, 2.05) is 19.1 Å². The molecule has 0 N–H and O–H groups in total. The van der Waals surface area contributed by atoms with E-state index in [2.05, 4.69) is 31.0 Å². The van der Waals surface area contributed by atoms with Crippen LogP contribution in [0, 0.1) is 12.8 Å². The summed E-state index contributed by atoms with van der Waals surface area (Å²) in [6.45, 7) is 5.22. The van der Waals surface area contributed by atoms with Crippen LogP contribution in [0.15, 0.2) is 36.9 Å². The Kier molecular flexibility index (Phi) is 3.93. The van der Waals surface area contributed by atoms with Gasteiger partial charge in [0.05, 0.1) is 25.9 Å². The molecule has 1 unspecified atom stereocenters. The number of pyridine rings is 1. The fourth-order valence-corrected chi connectivity index (χ4v) is 4.19. The topological polar surface area (TPSA) is 77.7 Å². The molecule has 0 aromatic carbocycles. The highest BCUT2D eigenvalue weighted by molar-refractivity contribution is 5.51. The Morgan fingerprint density at radius 1 is 1.37 bits per heavy atom. The van der Waals surface area contributed by atoms with Gasteiger partial charge in [-0.25, -0.2) is 4.98 Å². The van der Waals surface area contributed by atoms with Crippen molar-refractivity contribution in [3.05, 3.63) is 42.6 Å². The molecule has 2 saturated heterocycles. The van der Waals surface area contributed by atoms with Gasteiger partial charge in [0, 0.05) is 24.6 Å². The van der Waals surface area contributed by atoms with E-state index in [1.165, 1.54) is 0 Å². The molecule has 8 heteroatoms. The van der Waals surface area contributed by atoms with Gasteiger partial charge in [-0.1, -0.05) is 0 Å². The monoisotopic (exact) mass is 366 g/mol. The number of aromatic nitrogens is 5. The quantitative estimate of drug-likeness (QED) is 0.682. The lowest BCUT2D eigenvalue weighted by Crippen LogP contribution is -2.65. The van der Waals surface area contributed by atoms with Crippen LogP contribution in [-0.4, -0.2) is 56.5 Å². The molecule has 0 bridgehead atoms. The van der Waals surface area contributed by atoms with E-state index in [4.69, 9.17) is 9.47 Å². The first-order valence-corrected chi connectivity index (χ1v) is 9.33. The summed E-state index contributed by atoms with van der Waals surface area (Å²) in [6.07, 6.45) is 7.12. The maximum atomic E-state index is 6.20. The van der Waals surface area contributed by atoms with Crippen LogP contribution in [0.3, 0.4) is 0 Å². The molecule has 2 fully saturated rings. The molecule has 0 radical (unpaired) electrons. The number of aryl methyl sites for hydroxylation is 1. The van der Waals surface area contributed by atoms with E-state index in [0.717, 1.165) is 49.8 Å². The van der Waals surface area contributed by atoms with E-state index >= 15 is 0 Å². The molecule has 2 aliphatic rings. The maximum absolute atomic E-state index is 6.20. The lowest BCUT2D eigenvalue weighted by atomic mass is 9.79. The summed E-state index contributed by atoms with van der Waals surface area (Å²) in [4.78, 5) is 15.0. The van der Waals surface area contributed by atoms with Gasteiger partial charge < -0.3 is 14.4 Å². The first-order valence-electron chi connectivity index (χ1n) is 9.33. The van der Waals surface area contributed by atoms with Gasteiger partial charge in [0.25, 0.3) is 5.78 Å². The second kappa shape index (κ2) is 6.45. The molecule has 8 nitrogen and oxygen atoms in total. The van der Waals surface area contributed by atoms with E-state index in [1.54, 1.807) is 23.2 Å². The van der Waals surface area contributed by atoms with Gasteiger partial charge in [-0.15, -0.1) is 0 Å². The molecule has 3 aromatic rings. The standard InChI is InChI=1S/C19H22N6O2/c1-14-9-17(25-18(23-14)21-13-22-25)24-11-19(12-24)15(5-8-27-19)4-7-26-16-3-2-6-20-10-16/h2-3,6,9-10,13,15H,4-5,7-8,11-12H2,1H3. The van der Waals surface area contributed by atoms with Crippen molar-refractivity contribution in [1.82, 2.24) is 24.6 Å². The number of nitrogens with zero attached hydrogens (tertiary/aromatic N) is 6. The third-order valence-electron chi connectivity index (χ3n) is 5.57. The third kappa shape index (κ3) is 2.90. The molecule has 5 rings (SSSR count). The van der Waals surface area contributed by atoms with Crippen molar-refractivity contribution in [3.8, 4) is 5.75 Å². The Morgan fingerprint density at radius 2 is 2.30 bits per heavy atom. The highest BCUT2D eigenvalue weighted by atomic mass is 16.5. The predicted molar refractivity (Wildman–Crippen MR) is 98.9 cm³/mol. The molecular weight excluding hydrogens is 344 g/mol. The number of anilines is 1. The Bertz CT molecular complexity index is 938. The van der Waals surface area contributed by atoms with Gasteiger partial charge in [-0.2, -0.15) is 14.6 Å². The van der Waals surface area contributed by atoms with Gasteiger partial charge in [0.15, 0.2) is 0 Å². The molecule has 140 valence electrons. The smallest absolute Gasteiger partial charge is 0.254 e. The van der Waals surface area contributed by atoms with Crippen LogP contribution >= 0.6 is 0 Å². The average Bonchev–Trinajstić information content (AvgIpc) is 3.27. The summed E-state index contributed by atoms with van der Waals surface area (Å²) >= 11 is 0. The summed E-state index contributed by atoms with van der Waals surface area (Å²) in [5.74, 6) is 2.99. The van der Waals surface area contributed by atoms with Crippen molar-refractivity contribution < 1.29 is 9.47 Å². The SMILES string of the molecule is Cc1cc(N2CC3(C2)OCCC3CCOc2cccnc2)n2ncnc2n1. The van der Waals surface area contributed by atoms with Crippen LogP contribution in [0.4, 0.5) is 5.82 Å². The van der Waals surface area contributed by atoms with E-state index in [0.29, 0.717) is 18.3 Å². The Balaban J connectivity index is 1.25. The lowest BCUT2D eigenvalue weighted by Gasteiger charge is -2.51. The van der Waals surface area contributed by atoms with E-state index < -0.39 is 0 Å². The summed E-state index contributed by atoms with van der Waals surface area (Å²) in [5, 5.41) is 4.31. The Hall–Kier alpha value is -2.74. The molecule has 2 aliphatic heterocycles. The van der Waals surface area contributed by atoms with Crippen LogP contribution in [0.2, 0.25) is 0 Å². The average molecular weight is 366 g/mol. The minimum absolute atomic E-state index is 0.0810. The first-order chi connectivity index (χ1) is 13.2. The number of hydrogen-bond donors (Lipinski definition) is 0. The highest BCUT2D eigenvalue weighted by Gasteiger charge is 2.53. The molecule has 1 atom stereocenters. The number of ether oxygens (including phenoxy) is 2. The fraction of sp³-hybridized carbons (Fsp3) is 0.474. The van der Waals surface area contributed by atoms with E-state index in [9.17, 15) is 0 Å². The van der Waals surface area contributed by atoms with Crippen molar-refractivity contribution in [2.24, 2.45) is 5.92 Å². The minimum Gasteiger partial charge on any atom is -0.492 e. The van der Waals surface area contributed by atoms with Gasteiger partial charge >= 0.3 is 0 Å². The zero-order valence-electron chi connectivity index (χ0n) is 15.3. The van der Waals surface area contributed by atoms with Gasteiger partial charge in [0.2, 0.25) is 0 Å². The van der Waals surface area contributed by atoms with Crippen molar-refractivity contribution in [1.29, 1.82) is 0 Å². The Morgan fingerprint density at radius 3 is 3.15 bits per heavy atom. The van der Waals surface area contributed by atoms with Crippen molar-refractivity contribution in [3.63, 3.8) is 0 Å². The number of rotatable bonds is 5. The summed E-state index contributed by atoms with van der Waals surface area (Å²) in [7, 11) is 0. The zero-order valence-corrected chi connectivity index (χ0v) is 15.3. The van der Waals surface area contributed by atoms with Crippen LogP contribution in [0.25, 0.3) is 5.78 Å². The number of fused-ring (bicyclic) bond motifs is 1. The zero-order chi connectivity index (χ0) is 18.3. The molecule has 5 heterocycles. The molecule has 0 saturated carbocycles. The normalized spacial score (nSPS) is 20.9. The highest BCUT2D eigenvalue weighted by Crippen LogP contribution is 2.43. The maximum Gasteiger partial charge on any atom is 0.254 e. The van der Waals surface area contributed by atoms with Crippen molar-refractivity contribution >= 4 is 11.6 Å². The molecule has 0 aliphatic carbocycles. The Labute approximate surface area is 157 Å². The molecular formula is C19H22N6O2. The molecule has 0 amide bonds. The van der Waals surface area contributed by atoms with Crippen LogP contribution in [0.5, 0.6) is 5.75 Å². The largest absolute Gasteiger partial charge is 0.492 e. The number of hydrogen-bond acceptors (Lipinski definition) is 7. The minimum atomic E-state index is -0.0810. The second-order valence-corrected chi connectivity index (χ2v) is 7.31. The van der Waals surface area contributed by atoms with Gasteiger partial charge in [-0.05, 0) is 37.8 Å². The summed E-state index contributed by atoms with van der Waals surface area (Å²) in [5.41, 5.74) is 0.864. The summed E-state index contributed by atoms with van der Waals surface area (Å²) < 4.78 is 13.8. The lowest BCUT2D eigenvalue weighted by molar-refractivity contribution is -0.0479. The first kappa shape index (κ1) is 16.4. The second-order valence-electron chi connectivity index (χ2n) is 7.31. The van der Waals surface area contributed by atoms with E-state index in [-0.39, 0.29) is 5.60 Å². The molecule has 3 aromatic heterocycles. The van der Waals surface area contributed by atoms with Crippen molar-refractivity contribution in [2.45, 2.75) is 25.4 Å². The van der Waals surface area contributed by atoms with Crippen molar-refractivity contribution in [2.75, 3.05) is 31.2 Å². The van der Waals surface area contributed by atoms with Crippen LogP contribution < -0.4 is 9.64 Å². The predicted octanol–water partition coefficient (Wildman–Crippen LogP) is 1.89. The van der Waals surface area contributed by atoms with Crippen LogP contribution in [0.1, 0.15) is 18.5 Å². The molecule has 27 heavy (non-hydrogen) atoms. The third-order valence-corrected chi connectivity index (χ3v) is 5.57. The fourth-order valence-electron chi connectivity index (χ4n) is 4.19. The van der Waals surface area contributed by atoms with Crippen LogP contribution in [-0.2, 0) is 4.74 Å². The van der Waals surface area contributed by atoms with Gasteiger partial charge in [-0.3, -0.25) is 4.98 Å².